The molecule has 1 aliphatic carbocycles. The summed E-state index contributed by atoms with van der Waals surface area (Å²) >= 11 is 1.89. The molecule has 0 spiro atoms. The van der Waals surface area contributed by atoms with Gasteiger partial charge in [0.2, 0.25) is 0 Å². The standard InChI is InChI=1S/C39H26N2S/c1-2-10-25(11-3-1)26-18-20-27(21-19-26)32-24-37(40-33-15-7-4-12-28(32)33)41-34-16-8-5-14-31(34)38-35(41)23-22-30-29-13-6-9-17-36(29)42-39(30)38/h1-20,22-24,27H,21H2. The van der Waals surface area contributed by atoms with Gasteiger partial charge in [-0.1, -0.05) is 109 Å². The maximum absolute atomic E-state index is 5.29. The van der Waals surface area contributed by atoms with E-state index in [1.165, 1.54) is 64.1 Å². The third-order valence-electron chi connectivity index (χ3n) is 8.75. The van der Waals surface area contributed by atoms with Gasteiger partial charge in [0, 0.05) is 42.2 Å². The third-order valence-corrected chi connectivity index (χ3v) is 9.95. The molecule has 8 aromatic rings. The molecule has 9 rings (SSSR count). The molecule has 0 bridgehead atoms. The van der Waals surface area contributed by atoms with Gasteiger partial charge in [-0.25, -0.2) is 4.98 Å². The van der Waals surface area contributed by atoms with Crippen molar-refractivity contribution in [2.45, 2.75) is 12.3 Å². The van der Waals surface area contributed by atoms with Gasteiger partial charge >= 0.3 is 0 Å². The molecule has 1 unspecified atom stereocenters. The van der Waals surface area contributed by atoms with E-state index >= 15 is 0 Å². The monoisotopic (exact) mass is 554 g/mol. The van der Waals surface area contributed by atoms with E-state index in [2.05, 4.69) is 144 Å². The zero-order chi connectivity index (χ0) is 27.6. The molecular weight excluding hydrogens is 529 g/mol. The van der Waals surface area contributed by atoms with Gasteiger partial charge in [-0.3, -0.25) is 4.57 Å². The summed E-state index contributed by atoms with van der Waals surface area (Å²) < 4.78 is 5.05. The van der Waals surface area contributed by atoms with Gasteiger partial charge < -0.3 is 0 Å². The lowest BCUT2D eigenvalue weighted by atomic mass is 9.86. The first kappa shape index (κ1) is 23.7. The summed E-state index contributed by atoms with van der Waals surface area (Å²) in [6.45, 7) is 0. The highest BCUT2D eigenvalue weighted by Crippen LogP contribution is 2.43. The Balaban J connectivity index is 1.27. The number of pyridine rings is 1. The zero-order valence-electron chi connectivity index (χ0n) is 22.9. The molecule has 3 heterocycles. The van der Waals surface area contributed by atoms with Crippen molar-refractivity contribution < 1.29 is 0 Å². The predicted molar refractivity (Wildman–Crippen MR) is 180 cm³/mol. The summed E-state index contributed by atoms with van der Waals surface area (Å²) in [5.41, 5.74) is 7.31. The number of benzene rings is 5. The Bertz CT molecular complexity index is 2390. The van der Waals surface area contributed by atoms with E-state index in [-0.39, 0.29) is 5.92 Å². The van der Waals surface area contributed by atoms with Gasteiger partial charge in [0.15, 0.2) is 0 Å². The number of nitrogens with zero attached hydrogens (tertiary/aromatic N) is 2. The van der Waals surface area contributed by atoms with Crippen molar-refractivity contribution in [3.63, 3.8) is 0 Å². The Kier molecular flexibility index (Phi) is 5.23. The number of hydrogen-bond acceptors (Lipinski definition) is 2. The average molecular weight is 555 g/mol. The quantitative estimate of drug-likeness (QED) is 0.212. The second kappa shape index (κ2) is 9.27. The molecule has 0 saturated carbocycles. The van der Waals surface area contributed by atoms with Crippen molar-refractivity contribution in [1.82, 2.24) is 9.55 Å². The van der Waals surface area contributed by atoms with Crippen molar-refractivity contribution in [2.24, 2.45) is 0 Å². The summed E-state index contributed by atoms with van der Waals surface area (Å²) in [5.74, 6) is 1.26. The van der Waals surface area contributed by atoms with E-state index < -0.39 is 0 Å². The van der Waals surface area contributed by atoms with Crippen LogP contribution < -0.4 is 0 Å². The molecule has 3 heteroatoms. The third kappa shape index (κ3) is 3.54. The fraction of sp³-hybridized carbons (Fsp3) is 0.0513. The van der Waals surface area contributed by atoms with E-state index in [1.54, 1.807) is 0 Å². The molecule has 0 saturated heterocycles. The largest absolute Gasteiger partial charge is 0.294 e. The van der Waals surface area contributed by atoms with Crippen LogP contribution in [-0.4, -0.2) is 9.55 Å². The fourth-order valence-electron chi connectivity index (χ4n) is 6.79. The van der Waals surface area contributed by atoms with E-state index in [1.807, 2.05) is 11.3 Å². The number of aromatic nitrogens is 2. The first-order valence-electron chi connectivity index (χ1n) is 14.5. The predicted octanol–water partition coefficient (Wildman–Crippen LogP) is 10.8. The molecule has 3 aromatic heterocycles. The van der Waals surface area contributed by atoms with E-state index in [0.29, 0.717) is 0 Å². The molecule has 2 nitrogen and oxygen atoms in total. The minimum Gasteiger partial charge on any atom is -0.294 e. The van der Waals surface area contributed by atoms with Gasteiger partial charge in [0.1, 0.15) is 5.82 Å². The van der Waals surface area contributed by atoms with Crippen LogP contribution in [0.2, 0.25) is 0 Å². The van der Waals surface area contributed by atoms with Crippen LogP contribution in [0.4, 0.5) is 0 Å². The normalized spacial score (nSPS) is 15.3. The number of hydrogen-bond donors (Lipinski definition) is 0. The van der Waals surface area contributed by atoms with Crippen LogP contribution in [0.25, 0.3) is 64.3 Å². The van der Waals surface area contributed by atoms with Crippen LogP contribution in [0.3, 0.4) is 0 Å². The van der Waals surface area contributed by atoms with Gasteiger partial charge in [-0.05, 0) is 53.5 Å². The number of rotatable bonds is 3. The van der Waals surface area contributed by atoms with Gasteiger partial charge in [0.25, 0.3) is 0 Å². The molecular formula is C39H26N2S. The number of fused-ring (bicyclic) bond motifs is 8. The van der Waals surface area contributed by atoms with Gasteiger partial charge in [-0.15, -0.1) is 11.3 Å². The molecule has 42 heavy (non-hydrogen) atoms. The molecule has 0 aliphatic heterocycles. The first-order chi connectivity index (χ1) is 20.8. The zero-order valence-corrected chi connectivity index (χ0v) is 23.7. The van der Waals surface area contributed by atoms with Crippen molar-refractivity contribution in [3.05, 3.63) is 151 Å². The SMILES string of the molecule is C1=CC(c2cc(-n3c4ccccc4c4c5sc6ccccc6c5ccc43)nc3ccccc23)CC=C1c1ccccc1. The van der Waals surface area contributed by atoms with Gasteiger partial charge in [-0.2, -0.15) is 0 Å². The lowest BCUT2D eigenvalue weighted by molar-refractivity contribution is 0.860. The fourth-order valence-corrected chi connectivity index (χ4v) is 8.05. The second-order valence-electron chi connectivity index (χ2n) is 11.1. The summed E-state index contributed by atoms with van der Waals surface area (Å²) in [5, 5.41) is 6.46. The van der Waals surface area contributed by atoms with Crippen LogP contribution >= 0.6 is 11.3 Å². The Hall–Kier alpha value is -4.99. The molecule has 1 atom stereocenters. The first-order valence-corrected chi connectivity index (χ1v) is 15.3. The van der Waals surface area contributed by atoms with E-state index in [4.69, 9.17) is 4.98 Å². The van der Waals surface area contributed by atoms with Crippen molar-refractivity contribution >= 4 is 69.8 Å². The number of allylic oxidation sites excluding steroid dienone is 4. The Morgan fingerprint density at radius 2 is 1.43 bits per heavy atom. The summed E-state index contributed by atoms with van der Waals surface area (Å²) in [7, 11) is 0. The van der Waals surface area contributed by atoms with E-state index in [0.717, 1.165) is 17.8 Å². The highest BCUT2D eigenvalue weighted by atomic mass is 32.1. The topological polar surface area (TPSA) is 17.8 Å². The Labute approximate surface area is 247 Å². The van der Waals surface area contributed by atoms with E-state index in [9.17, 15) is 0 Å². The Morgan fingerprint density at radius 1 is 0.667 bits per heavy atom. The highest BCUT2D eigenvalue weighted by molar-refractivity contribution is 7.26. The summed E-state index contributed by atoms with van der Waals surface area (Å²) in [6.07, 6.45) is 8.01. The minimum absolute atomic E-state index is 0.284. The smallest absolute Gasteiger partial charge is 0.138 e. The Morgan fingerprint density at radius 3 is 2.29 bits per heavy atom. The minimum atomic E-state index is 0.284. The summed E-state index contributed by atoms with van der Waals surface area (Å²) in [4.78, 5) is 5.29. The molecule has 198 valence electrons. The molecule has 1 aliphatic rings. The average Bonchev–Trinajstić information content (AvgIpc) is 3.60. The molecule has 5 aromatic carbocycles. The van der Waals surface area contributed by atoms with Crippen LogP contribution in [0.5, 0.6) is 0 Å². The van der Waals surface area contributed by atoms with Crippen LogP contribution in [0.15, 0.2) is 140 Å². The molecule has 0 radical (unpaired) electrons. The van der Waals surface area contributed by atoms with Crippen molar-refractivity contribution in [2.75, 3.05) is 0 Å². The maximum Gasteiger partial charge on any atom is 0.138 e. The van der Waals surface area contributed by atoms with Crippen LogP contribution in [0, 0.1) is 0 Å². The second-order valence-corrected chi connectivity index (χ2v) is 12.2. The molecule has 0 N–H and O–H groups in total. The highest BCUT2D eigenvalue weighted by Gasteiger charge is 2.21. The summed E-state index contributed by atoms with van der Waals surface area (Å²) in [6, 6.07) is 43.7. The number of para-hydroxylation sites is 2. The maximum atomic E-state index is 5.29. The van der Waals surface area contributed by atoms with Crippen molar-refractivity contribution in [1.29, 1.82) is 0 Å². The van der Waals surface area contributed by atoms with Crippen LogP contribution in [-0.2, 0) is 0 Å². The number of thiophene rings is 1. The molecule has 0 fully saturated rings. The lowest BCUT2D eigenvalue weighted by Crippen LogP contribution is -2.04. The molecule has 0 amide bonds. The van der Waals surface area contributed by atoms with Crippen LogP contribution in [0.1, 0.15) is 23.5 Å². The van der Waals surface area contributed by atoms with Gasteiger partial charge in [0.05, 0.1) is 16.6 Å². The lowest BCUT2D eigenvalue weighted by Gasteiger charge is -2.20. The van der Waals surface area contributed by atoms with Crippen molar-refractivity contribution in [3.8, 4) is 5.82 Å².